The summed E-state index contributed by atoms with van der Waals surface area (Å²) < 4.78 is 3.39. The number of pyridine rings is 1. The molecule has 20 heavy (non-hydrogen) atoms. The van der Waals surface area contributed by atoms with Crippen molar-refractivity contribution in [2.75, 3.05) is 0 Å². The molecule has 0 saturated carbocycles. The van der Waals surface area contributed by atoms with E-state index in [-0.39, 0.29) is 5.56 Å². The maximum Gasteiger partial charge on any atom is 0.337 e. The second-order valence-corrected chi connectivity index (χ2v) is 4.47. The highest BCUT2D eigenvalue weighted by Crippen LogP contribution is 2.19. The Bertz CT molecular complexity index is 802. The minimum absolute atomic E-state index is 0.191. The van der Waals surface area contributed by atoms with Gasteiger partial charge in [0.1, 0.15) is 5.69 Å². The summed E-state index contributed by atoms with van der Waals surface area (Å²) in [4.78, 5) is 11.1. The highest BCUT2D eigenvalue weighted by molar-refractivity contribution is 5.87. The number of rotatable bonds is 3. The van der Waals surface area contributed by atoms with Crippen LogP contribution in [-0.2, 0) is 13.5 Å². The van der Waals surface area contributed by atoms with Crippen molar-refractivity contribution in [2.45, 2.75) is 13.3 Å². The molecule has 0 atom stereocenters. The average molecular weight is 271 g/mol. The van der Waals surface area contributed by atoms with Crippen molar-refractivity contribution in [3.63, 3.8) is 0 Å². The second kappa shape index (κ2) is 4.44. The van der Waals surface area contributed by atoms with Gasteiger partial charge in [-0.3, -0.25) is 9.08 Å². The van der Waals surface area contributed by atoms with E-state index < -0.39 is 5.97 Å². The van der Waals surface area contributed by atoms with Crippen molar-refractivity contribution in [3.05, 3.63) is 35.7 Å². The van der Waals surface area contributed by atoms with Crippen LogP contribution in [0.3, 0.4) is 0 Å². The summed E-state index contributed by atoms with van der Waals surface area (Å²) in [7, 11) is 1.83. The molecule has 3 aromatic heterocycles. The predicted molar refractivity (Wildman–Crippen MR) is 71.5 cm³/mol. The number of fused-ring (bicyclic) bond motifs is 1. The van der Waals surface area contributed by atoms with Crippen molar-refractivity contribution < 1.29 is 9.90 Å². The van der Waals surface area contributed by atoms with Gasteiger partial charge < -0.3 is 5.11 Å². The van der Waals surface area contributed by atoms with Gasteiger partial charge in [-0.2, -0.15) is 5.10 Å². The van der Waals surface area contributed by atoms with Gasteiger partial charge in [-0.05, 0) is 24.6 Å². The van der Waals surface area contributed by atoms with Crippen LogP contribution in [0.1, 0.15) is 23.0 Å². The maximum absolute atomic E-state index is 11.1. The molecule has 3 rings (SSSR count). The molecule has 0 aliphatic rings. The van der Waals surface area contributed by atoms with E-state index in [1.807, 2.05) is 20.0 Å². The lowest BCUT2D eigenvalue weighted by Gasteiger charge is -2.01. The van der Waals surface area contributed by atoms with E-state index in [1.165, 1.54) is 12.3 Å². The Balaban J connectivity index is 2.22. The topological polar surface area (TPSA) is 85.3 Å². The molecule has 3 heterocycles. The molecule has 102 valence electrons. The predicted octanol–water partition coefficient (Wildman–Crippen LogP) is 1.39. The van der Waals surface area contributed by atoms with Crippen LogP contribution in [0.5, 0.6) is 0 Å². The van der Waals surface area contributed by atoms with Crippen molar-refractivity contribution >= 4 is 11.6 Å². The van der Waals surface area contributed by atoms with Gasteiger partial charge in [0.05, 0.1) is 11.3 Å². The molecule has 1 N–H and O–H groups in total. The van der Waals surface area contributed by atoms with Crippen molar-refractivity contribution in [1.82, 2.24) is 24.4 Å². The fraction of sp³-hybridized carbons (Fsp3) is 0.231. The van der Waals surface area contributed by atoms with Crippen LogP contribution in [0.15, 0.2) is 24.4 Å². The molecule has 7 heteroatoms. The number of aromatic nitrogens is 5. The quantitative estimate of drug-likeness (QED) is 0.778. The third kappa shape index (κ3) is 1.83. The summed E-state index contributed by atoms with van der Waals surface area (Å²) in [5.41, 5.74) is 2.55. The molecule has 0 unspecified atom stereocenters. The fourth-order valence-corrected chi connectivity index (χ4v) is 2.10. The van der Waals surface area contributed by atoms with Crippen LogP contribution in [0, 0.1) is 0 Å². The molecule has 7 nitrogen and oxygen atoms in total. The summed E-state index contributed by atoms with van der Waals surface area (Å²) in [5.74, 6) is -0.399. The number of nitrogens with zero attached hydrogens (tertiary/aromatic N) is 5. The van der Waals surface area contributed by atoms with E-state index >= 15 is 0 Å². The first-order chi connectivity index (χ1) is 9.60. The zero-order chi connectivity index (χ0) is 14.3. The average Bonchev–Trinajstić information content (AvgIpc) is 3.00. The normalized spacial score (nSPS) is 11.1. The maximum atomic E-state index is 11.1. The molecule has 0 saturated heterocycles. The van der Waals surface area contributed by atoms with Gasteiger partial charge >= 0.3 is 5.97 Å². The Morgan fingerprint density at radius 1 is 1.35 bits per heavy atom. The van der Waals surface area contributed by atoms with Crippen molar-refractivity contribution in [3.8, 4) is 11.5 Å². The summed E-state index contributed by atoms with van der Waals surface area (Å²) in [5, 5.41) is 21.6. The third-order valence-corrected chi connectivity index (χ3v) is 3.17. The first-order valence-electron chi connectivity index (χ1n) is 6.21. The smallest absolute Gasteiger partial charge is 0.337 e. The molecule has 0 bridgehead atoms. The summed E-state index contributed by atoms with van der Waals surface area (Å²) in [6.45, 7) is 2.02. The third-order valence-electron chi connectivity index (χ3n) is 3.17. The van der Waals surface area contributed by atoms with E-state index in [4.69, 9.17) is 5.11 Å². The minimum atomic E-state index is -0.981. The molecule has 0 aromatic carbocycles. The van der Waals surface area contributed by atoms with E-state index in [0.29, 0.717) is 11.5 Å². The number of hydrogen-bond donors (Lipinski definition) is 1. The zero-order valence-corrected chi connectivity index (χ0v) is 11.1. The largest absolute Gasteiger partial charge is 0.478 e. The van der Waals surface area contributed by atoms with E-state index in [1.54, 1.807) is 15.1 Å². The second-order valence-electron chi connectivity index (χ2n) is 4.47. The Kier molecular flexibility index (Phi) is 2.74. The van der Waals surface area contributed by atoms with Crippen LogP contribution < -0.4 is 0 Å². The highest BCUT2D eigenvalue weighted by atomic mass is 16.4. The molecule has 0 aliphatic heterocycles. The van der Waals surface area contributed by atoms with Crippen LogP contribution in [-0.4, -0.2) is 35.5 Å². The van der Waals surface area contributed by atoms with Crippen molar-refractivity contribution in [1.29, 1.82) is 0 Å². The standard InChI is InChI=1S/C13H13N5O2/c1-3-9-6-10(17(2)16-9)12-15-14-11-5-4-8(13(19)20)7-18(11)12/h4-7H,3H2,1-2H3,(H,19,20). The molecule has 0 amide bonds. The molecule has 0 radical (unpaired) electrons. The van der Waals surface area contributed by atoms with E-state index in [9.17, 15) is 4.79 Å². The molecule has 0 aliphatic carbocycles. The Hall–Kier alpha value is -2.70. The Morgan fingerprint density at radius 2 is 2.15 bits per heavy atom. The van der Waals surface area contributed by atoms with E-state index in [2.05, 4.69) is 15.3 Å². The van der Waals surface area contributed by atoms with Gasteiger partial charge in [0.2, 0.25) is 0 Å². The summed E-state index contributed by atoms with van der Waals surface area (Å²) in [6, 6.07) is 5.08. The lowest BCUT2D eigenvalue weighted by Crippen LogP contribution is -2.01. The van der Waals surface area contributed by atoms with Crippen LogP contribution >= 0.6 is 0 Å². The highest BCUT2D eigenvalue weighted by Gasteiger charge is 2.15. The first-order valence-corrected chi connectivity index (χ1v) is 6.21. The molecule has 0 fully saturated rings. The number of aromatic carboxylic acids is 1. The molecule has 3 aromatic rings. The summed E-state index contributed by atoms with van der Waals surface area (Å²) in [6.07, 6.45) is 2.34. The summed E-state index contributed by atoms with van der Waals surface area (Å²) >= 11 is 0. The van der Waals surface area contributed by atoms with Gasteiger partial charge in [0, 0.05) is 13.2 Å². The van der Waals surface area contributed by atoms with Crippen LogP contribution in [0.2, 0.25) is 0 Å². The number of carbonyl (C=O) groups is 1. The van der Waals surface area contributed by atoms with Gasteiger partial charge in [0.15, 0.2) is 11.5 Å². The van der Waals surface area contributed by atoms with Gasteiger partial charge in [-0.1, -0.05) is 6.92 Å². The minimum Gasteiger partial charge on any atom is -0.478 e. The fourth-order valence-electron chi connectivity index (χ4n) is 2.10. The number of carboxylic acids is 1. The van der Waals surface area contributed by atoms with Gasteiger partial charge in [-0.25, -0.2) is 4.79 Å². The Morgan fingerprint density at radius 3 is 2.80 bits per heavy atom. The molecular formula is C13H13N5O2. The van der Waals surface area contributed by atoms with Crippen LogP contribution in [0.4, 0.5) is 0 Å². The first kappa shape index (κ1) is 12.3. The van der Waals surface area contributed by atoms with Gasteiger partial charge in [0.25, 0.3) is 0 Å². The Labute approximate surface area is 114 Å². The molecule has 0 spiro atoms. The lowest BCUT2D eigenvalue weighted by molar-refractivity contribution is 0.0696. The SMILES string of the molecule is CCc1cc(-c2nnc3ccc(C(=O)O)cn23)n(C)n1. The van der Waals surface area contributed by atoms with E-state index in [0.717, 1.165) is 17.8 Å². The number of carboxylic acid groups (broad SMARTS) is 1. The number of hydrogen-bond acceptors (Lipinski definition) is 4. The van der Waals surface area contributed by atoms with Crippen LogP contribution in [0.25, 0.3) is 17.2 Å². The zero-order valence-electron chi connectivity index (χ0n) is 11.1. The number of aryl methyl sites for hydroxylation is 2. The van der Waals surface area contributed by atoms with Crippen molar-refractivity contribution in [2.24, 2.45) is 7.05 Å². The van der Waals surface area contributed by atoms with Gasteiger partial charge in [-0.15, -0.1) is 10.2 Å². The monoisotopic (exact) mass is 271 g/mol. The molecular weight excluding hydrogens is 258 g/mol. The lowest BCUT2D eigenvalue weighted by atomic mass is 10.2.